The molecule has 0 saturated heterocycles. The second-order valence-electron chi connectivity index (χ2n) is 4.59. The van der Waals surface area contributed by atoms with E-state index in [4.69, 9.17) is 0 Å². The molecule has 0 aliphatic rings. The summed E-state index contributed by atoms with van der Waals surface area (Å²) < 4.78 is 23.1. The lowest BCUT2D eigenvalue weighted by atomic mass is 10.1. The third kappa shape index (κ3) is 5.14. The van der Waals surface area contributed by atoms with Gasteiger partial charge in [-0.15, -0.1) is 0 Å². The maximum absolute atomic E-state index is 11.7. The van der Waals surface area contributed by atoms with Crippen LogP contribution in [-0.2, 0) is 21.1 Å². The van der Waals surface area contributed by atoms with E-state index in [9.17, 15) is 23.3 Å². The van der Waals surface area contributed by atoms with E-state index in [-0.39, 0.29) is 17.1 Å². The van der Waals surface area contributed by atoms with Gasteiger partial charge >= 0.3 is 0 Å². The molecule has 0 atom stereocenters. The maximum atomic E-state index is 11.7. The second-order valence-corrected chi connectivity index (χ2v) is 6.78. The van der Waals surface area contributed by atoms with Crippen LogP contribution >= 0.6 is 0 Å². The number of aryl methyl sites for hydroxylation is 1. The lowest BCUT2D eigenvalue weighted by molar-refractivity contribution is -0.385. The standard InChI is InChI=1S/C13H18N2O5S/c1-3-7-21(19,20)9-13(16)14-11-6-5-10(4-2)12(8-11)15(17)18/h5-6,8H,3-4,7,9H2,1-2H3,(H,14,16). The molecule has 0 fully saturated rings. The summed E-state index contributed by atoms with van der Waals surface area (Å²) in [5.74, 6) is -1.37. The lowest BCUT2D eigenvalue weighted by Crippen LogP contribution is -2.24. The van der Waals surface area contributed by atoms with E-state index < -0.39 is 26.4 Å². The number of hydrogen-bond acceptors (Lipinski definition) is 5. The number of nitro benzene ring substituents is 1. The fraction of sp³-hybridized carbons (Fsp3) is 0.462. The second kappa shape index (κ2) is 7.16. The number of benzene rings is 1. The van der Waals surface area contributed by atoms with Crippen LogP contribution in [0.5, 0.6) is 0 Å². The van der Waals surface area contributed by atoms with Gasteiger partial charge in [0.15, 0.2) is 9.84 Å². The molecule has 0 spiro atoms. The van der Waals surface area contributed by atoms with Crippen LogP contribution < -0.4 is 5.32 Å². The van der Waals surface area contributed by atoms with Crippen LogP contribution in [0.2, 0.25) is 0 Å². The molecular weight excluding hydrogens is 296 g/mol. The molecule has 1 amide bonds. The van der Waals surface area contributed by atoms with E-state index in [0.29, 0.717) is 18.4 Å². The molecule has 1 aromatic carbocycles. The summed E-state index contributed by atoms with van der Waals surface area (Å²) in [7, 11) is -3.44. The number of rotatable bonds is 7. The quantitative estimate of drug-likeness (QED) is 0.611. The smallest absolute Gasteiger partial charge is 0.274 e. The predicted molar refractivity (Wildman–Crippen MR) is 80.0 cm³/mol. The van der Waals surface area contributed by atoms with Crippen molar-refractivity contribution in [1.29, 1.82) is 0 Å². The van der Waals surface area contributed by atoms with Crippen molar-refractivity contribution in [2.75, 3.05) is 16.8 Å². The first-order chi connectivity index (χ1) is 9.79. The molecule has 8 heteroatoms. The van der Waals surface area contributed by atoms with Gasteiger partial charge in [-0.1, -0.05) is 19.9 Å². The Balaban J connectivity index is 2.86. The Kier molecular flexibility index (Phi) is 5.83. The summed E-state index contributed by atoms with van der Waals surface area (Å²) in [6.07, 6.45) is 0.932. The van der Waals surface area contributed by atoms with Crippen LogP contribution in [0.3, 0.4) is 0 Å². The number of carbonyl (C=O) groups is 1. The molecule has 1 N–H and O–H groups in total. The van der Waals surface area contributed by atoms with Crippen LogP contribution in [0.25, 0.3) is 0 Å². The zero-order valence-corrected chi connectivity index (χ0v) is 12.8. The number of carbonyl (C=O) groups excluding carboxylic acids is 1. The molecule has 0 radical (unpaired) electrons. The van der Waals surface area contributed by atoms with Gasteiger partial charge in [-0.3, -0.25) is 14.9 Å². The first-order valence-electron chi connectivity index (χ1n) is 6.56. The van der Waals surface area contributed by atoms with Crippen molar-refractivity contribution < 1.29 is 18.1 Å². The largest absolute Gasteiger partial charge is 0.325 e. The Morgan fingerprint density at radius 2 is 2.00 bits per heavy atom. The van der Waals surface area contributed by atoms with Crippen molar-refractivity contribution in [2.45, 2.75) is 26.7 Å². The van der Waals surface area contributed by atoms with Gasteiger partial charge in [-0.25, -0.2) is 8.42 Å². The van der Waals surface area contributed by atoms with E-state index in [1.165, 1.54) is 12.1 Å². The number of sulfone groups is 1. The van der Waals surface area contributed by atoms with Gasteiger partial charge in [-0.2, -0.15) is 0 Å². The fourth-order valence-electron chi connectivity index (χ4n) is 1.89. The van der Waals surface area contributed by atoms with Gasteiger partial charge in [-0.05, 0) is 18.9 Å². The Bertz CT molecular complexity index is 640. The van der Waals surface area contributed by atoms with Crippen molar-refractivity contribution in [2.24, 2.45) is 0 Å². The van der Waals surface area contributed by atoms with Gasteiger partial charge in [0.1, 0.15) is 5.75 Å². The molecule has 0 aliphatic carbocycles. The van der Waals surface area contributed by atoms with Gasteiger partial charge in [0.2, 0.25) is 5.91 Å². The first kappa shape index (κ1) is 17.1. The van der Waals surface area contributed by atoms with Gasteiger partial charge in [0, 0.05) is 17.3 Å². The Labute approximate surface area is 123 Å². The van der Waals surface area contributed by atoms with Crippen molar-refractivity contribution in [3.05, 3.63) is 33.9 Å². The van der Waals surface area contributed by atoms with Crippen molar-refractivity contribution in [3.8, 4) is 0 Å². The predicted octanol–water partition coefficient (Wildman–Crippen LogP) is 1.92. The zero-order chi connectivity index (χ0) is 16.0. The molecule has 0 saturated carbocycles. The summed E-state index contributed by atoms with van der Waals surface area (Å²) in [5.41, 5.74) is 0.680. The highest BCUT2D eigenvalue weighted by Gasteiger charge is 2.18. The summed E-state index contributed by atoms with van der Waals surface area (Å²) in [4.78, 5) is 22.1. The van der Waals surface area contributed by atoms with Gasteiger partial charge in [0.05, 0.1) is 10.7 Å². The highest BCUT2D eigenvalue weighted by molar-refractivity contribution is 7.92. The molecule has 0 heterocycles. The molecule has 1 aromatic rings. The Morgan fingerprint density at radius 1 is 1.33 bits per heavy atom. The van der Waals surface area contributed by atoms with Gasteiger partial charge < -0.3 is 5.32 Å². The SMILES string of the molecule is CCCS(=O)(=O)CC(=O)Nc1ccc(CC)c([N+](=O)[O-])c1. The fourth-order valence-corrected chi connectivity index (χ4v) is 3.13. The van der Waals surface area contributed by atoms with Crippen molar-refractivity contribution >= 4 is 27.1 Å². The molecule has 0 bridgehead atoms. The van der Waals surface area contributed by atoms with Gasteiger partial charge in [0.25, 0.3) is 5.69 Å². The molecule has 0 aromatic heterocycles. The Hall–Kier alpha value is -1.96. The third-order valence-corrected chi connectivity index (χ3v) is 4.55. The van der Waals surface area contributed by atoms with E-state index in [2.05, 4.69) is 5.32 Å². The molecule has 0 aliphatic heterocycles. The van der Waals surface area contributed by atoms with E-state index in [0.717, 1.165) is 0 Å². The highest BCUT2D eigenvalue weighted by Crippen LogP contribution is 2.23. The van der Waals surface area contributed by atoms with Crippen LogP contribution in [0, 0.1) is 10.1 Å². The summed E-state index contributed by atoms with van der Waals surface area (Å²) in [5, 5.41) is 13.3. The number of hydrogen-bond donors (Lipinski definition) is 1. The number of nitro groups is 1. The highest BCUT2D eigenvalue weighted by atomic mass is 32.2. The number of anilines is 1. The van der Waals surface area contributed by atoms with E-state index in [1.807, 2.05) is 0 Å². The minimum atomic E-state index is -3.44. The molecule has 116 valence electrons. The number of nitrogens with one attached hydrogen (secondary N) is 1. The average molecular weight is 314 g/mol. The molecule has 7 nitrogen and oxygen atoms in total. The van der Waals surface area contributed by atoms with Crippen molar-refractivity contribution in [1.82, 2.24) is 0 Å². The third-order valence-electron chi connectivity index (χ3n) is 2.81. The summed E-state index contributed by atoms with van der Waals surface area (Å²) >= 11 is 0. The monoisotopic (exact) mass is 314 g/mol. The number of nitrogens with zero attached hydrogens (tertiary/aromatic N) is 1. The minimum absolute atomic E-state index is 0.0602. The summed E-state index contributed by atoms with van der Waals surface area (Å²) in [6, 6.07) is 4.31. The maximum Gasteiger partial charge on any atom is 0.274 e. The van der Waals surface area contributed by atoms with Crippen LogP contribution in [-0.4, -0.2) is 30.8 Å². The topological polar surface area (TPSA) is 106 Å². The molecule has 0 unspecified atom stereocenters. The lowest BCUT2D eigenvalue weighted by Gasteiger charge is -2.07. The van der Waals surface area contributed by atoms with E-state index in [1.54, 1.807) is 19.9 Å². The zero-order valence-electron chi connectivity index (χ0n) is 12.0. The van der Waals surface area contributed by atoms with Crippen LogP contribution in [0.1, 0.15) is 25.8 Å². The molecule has 1 rings (SSSR count). The number of amides is 1. The normalized spacial score (nSPS) is 11.1. The van der Waals surface area contributed by atoms with Crippen LogP contribution in [0.4, 0.5) is 11.4 Å². The van der Waals surface area contributed by atoms with Crippen molar-refractivity contribution in [3.63, 3.8) is 0 Å². The van der Waals surface area contributed by atoms with E-state index >= 15 is 0 Å². The average Bonchev–Trinajstić information content (AvgIpc) is 2.37. The Morgan fingerprint density at radius 3 is 2.52 bits per heavy atom. The summed E-state index contributed by atoms with van der Waals surface area (Å²) in [6.45, 7) is 3.50. The van der Waals surface area contributed by atoms with Crippen LogP contribution in [0.15, 0.2) is 18.2 Å². The molecule has 21 heavy (non-hydrogen) atoms. The minimum Gasteiger partial charge on any atom is -0.325 e. The first-order valence-corrected chi connectivity index (χ1v) is 8.38. The molecular formula is C13H18N2O5S.